The number of ether oxygens (including phenoxy) is 1. The van der Waals surface area contributed by atoms with Crippen LogP contribution in [-0.4, -0.2) is 28.1 Å². The quantitative estimate of drug-likeness (QED) is 0.479. The zero-order chi connectivity index (χ0) is 20.7. The molecule has 0 aliphatic carbocycles. The first kappa shape index (κ1) is 21.8. The molecule has 0 saturated heterocycles. The summed E-state index contributed by atoms with van der Waals surface area (Å²) in [5.41, 5.74) is 1.61. The molecule has 2 N–H and O–H groups in total. The highest BCUT2D eigenvalue weighted by Gasteiger charge is 2.24. The number of carboxylic acid groups (broad SMARTS) is 1. The van der Waals surface area contributed by atoms with Gasteiger partial charge in [0.1, 0.15) is 5.60 Å². The molecule has 0 radical (unpaired) electrons. The standard InChI is InChI=1S/C22H27NO4S/c1-15(20(24)25)14-19(23-21(26)27-22(2,3)4)28-18-12-10-17(11-13-18)16-8-6-5-7-9-16/h5-13,15,19H,14H2,1-4H3,(H,23,26)(H,24,25)/t15-,19?/m1/s1. The third-order valence-corrected chi connectivity index (χ3v) is 5.05. The average Bonchev–Trinajstić information content (AvgIpc) is 2.61. The van der Waals surface area contributed by atoms with Crippen molar-refractivity contribution in [2.75, 3.05) is 0 Å². The van der Waals surface area contributed by atoms with Gasteiger partial charge in [-0.15, -0.1) is 11.8 Å². The second-order valence-electron chi connectivity index (χ2n) is 7.62. The van der Waals surface area contributed by atoms with Gasteiger partial charge >= 0.3 is 12.1 Å². The van der Waals surface area contributed by atoms with Crippen LogP contribution in [0.2, 0.25) is 0 Å². The minimum Gasteiger partial charge on any atom is -0.481 e. The van der Waals surface area contributed by atoms with Gasteiger partial charge in [-0.1, -0.05) is 49.4 Å². The fourth-order valence-electron chi connectivity index (χ4n) is 2.52. The highest BCUT2D eigenvalue weighted by Crippen LogP contribution is 2.29. The number of carbonyl (C=O) groups is 2. The Balaban J connectivity index is 2.10. The van der Waals surface area contributed by atoms with Gasteiger partial charge in [-0.25, -0.2) is 4.79 Å². The van der Waals surface area contributed by atoms with E-state index in [9.17, 15) is 14.7 Å². The third kappa shape index (κ3) is 7.27. The molecule has 0 heterocycles. The molecule has 0 aliphatic heterocycles. The summed E-state index contributed by atoms with van der Waals surface area (Å²) >= 11 is 1.42. The lowest BCUT2D eigenvalue weighted by molar-refractivity contribution is -0.141. The number of amides is 1. The van der Waals surface area contributed by atoms with E-state index in [1.165, 1.54) is 11.8 Å². The van der Waals surface area contributed by atoms with Gasteiger partial charge in [0, 0.05) is 4.90 Å². The number of aliphatic carboxylic acids is 1. The Morgan fingerprint density at radius 1 is 1.04 bits per heavy atom. The van der Waals surface area contributed by atoms with Crippen molar-refractivity contribution in [3.05, 3.63) is 54.6 Å². The van der Waals surface area contributed by atoms with E-state index in [-0.39, 0.29) is 0 Å². The van der Waals surface area contributed by atoms with Gasteiger partial charge < -0.3 is 15.2 Å². The molecule has 2 aromatic rings. The van der Waals surface area contributed by atoms with Gasteiger partial charge in [-0.2, -0.15) is 0 Å². The van der Waals surface area contributed by atoms with Crippen LogP contribution in [-0.2, 0) is 9.53 Å². The topological polar surface area (TPSA) is 75.6 Å². The zero-order valence-corrected chi connectivity index (χ0v) is 17.5. The molecule has 0 aromatic heterocycles. The largest absolute Gasteiger partial charge is 0.481 e. The Morgan fingerprint density at radius 2 is 1.61 bits per heavy atom. The minimum atomic E-state index is -0.893. The maximum atomic E-state index is 12.2. The summed E-state index contributed by atoms with van der Waals surface area (Å²) in [6.07, 6.45) is -0.261. The lowest BCUT2D eigenvalue weighted by atomic mass is 10.1. The summed E-state index contributed by atoms with van der Waals surface area (Å²) in [6.45, 7) is 7.00. The molecule has 2 atom stereocenters. The van der Waals surface area contributed by atoms with Gasteiger partial charge in [-0.3, -0.25) is 4.79 Å². The lowest BCUT2D eigenvalue weighted by Crippen LogP contribution is -2.38. The lowest BCUT2D eigenvalue weighted by Gasteiger charge is -2.24. The number of benzene rings is 2. The number of thioether (sulfide) groups is 1. The van der Waals surface area contributed by atoms with Crippen LogP contribution in [0.25, 0.3) is 11.1 Å². The highest BCUT2D eigenvalue weighted by atomic mass is 32.2. The molecule has 0 spiro atoms. The first-order chi connectivity index (χ1) is 13.1. The van der Waals surface area contributed by atoms with Crippen LogP contribution in [0.5, 0.6) is 0 Å². The van der Waals surface area contributed by atoms with E-state index in [1.54, 1.807) is 27.7 Å². The van der Waals surface area contributed by atoms with Crippen molar-refractivity contribution in [1.82, 2.24) is 5.32 Å². The van der Waals surface area contributed by atoms with E-state index in [0.29, 0.717) is 6.42 Å². The first-order valence-corrected chi connectivity index (χ1v) is 10.1. The fourth-order valence-corrected chi connectivity index (χ4v) is 3.68. The monoisotopic (exact) mass is 401 g/mol. The van der Waals surface area contributed by atoms with Crippen molar-refractivity contribution in [2.45, 2.75) is 50.0 Å². The van der Waals surface area contributed by atoms with Crippen LogP contribution < -0.4 is 5.32 Å². The predicted molar refractivity (Wildman–Crippen MR) is 112 cm³/mol. The Kier molecular flexibility index (Phi) is 7.52. The molecular weight excluding hydrogens is 374 g/mol. The summed E-state index contributed by atoms with van der Waals surface area (Å²) in [5.74, 6) is -1.48. The summed E-state index contributed by atoms with van der Waals surface area (Å²) in [6, 6.07) is 18.0. The Morgan fingerprint density at radius 3 is 2.14 bits per heavy atom. The summed E-state index contributed by atoms with van der Waals surface area (Å²) in [5, 5.41) is 11.6. The van der Waals surface area contributed by atoms with Crippen molar-refractivity contribution < 1.29 is 19.4 Å². The maximum absolute atomic E-state index is 12.2. The van der Waals surface area contributed by atoms with Gasteiger partial charge in [0.05, 0.1) is 11.3 Å². The minimum absolute atomic E-state index is 0.291. The summed E-state index contributed by atoms with van der Waals surface area (Å²) in [4.78, 5) is 24.3. The van der Waals surface area contributed by atoms with Crippen molar-refractivity contribution in [3.8, 4) is 11.1 Å². The smallest absolute Gasteiger partial charge is 0.408 e. The Labute approximate surface area is 170 Å². The van der Waals surface area contributed by atoms with Crippen LogP contribution in [0.15, 0.2) is 59.5 Å². The van der Waals surface area contributed by atoms with E-state index in [0.717, 1.165) is 16.0 Å². The van der Waals surface area contributed by atoms with Crippen LogP contribution in [0.4, 0.5) is 4.79 Å². The van der Waals surface area contributed by atoms with E-state index in [1.807, 2.05) is 54.6 Å². The van der Waals surface area contributed by atoms with Crippen molar-refractivity contribution in [2.24, 2.45) is 5.92 Å². The fraction of sp³-hybridized carbons (Fsp3) is 0.364. The highest BCUT2D eigenvalue weighted by molar-refractivity contribution is 8.00. The molecule has 0 bridgehead atoms. The Hall–Kier alpha value is -2.47. The van der Waals surface area contributed by atoms with Gasteiger partial charge in [-0.05, 0) is 50.5 Å². The predicted octanol–water partition coefficient (Wildman–Crippen LogP) is 5.41. The second kappa shape index (κ2) is 9.64. The van der Waals surface area contributed by atoms with Crippen molar-refractivity contribution >= 4 is 23.8 Å². The maximum Gasteiger partial charge on any atom is 0.408 e. The van der Waals surface area contributed by atoms with Crippen LogP contribution in [0.3, 0.4) is 0 Å². The van der Waals surface area contributed by atoms with E-state index in [4.69, 9.17) is 4.74 Å². The molecule has 28 heavy (non-hydrogen) atoms. The molecule has 150 valence electrons. The SMILES string of the molecule is C[C@H](CC(NC(=O)OC(C)(C)C)Sc1ccc(-c2ccccc2)cc1)C(=O)O. The number of carboxylic acids is 1. The number of hydrogen-bond donors (Lipinski definition) is 2. The second-order valence-corrected chi connectivity index (χ2v) is 8.89. The number of carbonyl (C=O) groups excluding carboxylic acids is 1. The molecule has 2 rings (SSSR count). The van der Waals surface area contributed by atoms with Crippen molar-refractivity contribution in [3.63, 3.8) is 0 Å². The molecular formula is C22H27NO4S. The number of rotatable bonds is 7. The van der Waals surface area contributed by atoms with Gasteiger partial charge in [0.15, 0.2) is 0 Å². The van der Waals surface area contributed by atoms with E-state index < -0.39 is 29.0 Å². The third-order valence-electron chi connectivity index (χ3n) is 3.91. The van der Waals surface area contributed by atoms with E-state index >= 15 is 0 Å². The van der Waals surface area contributed by atoms with Gasteiger partial charge in [0.2, 0.25) is 0 Å². The van der Waals surface area contributed by atoms with Crippen molar-refractivity contribution in [1.29, 1.82) is 0 Å². The van der Waals surface area contributed by atoms with Crippen LogP contribution in [0.1, 0.15) is 34.1 Å². The molecule has 2 aromatic carbocycles. The molecule has 0 aliphatic rings. The molecule has 0 saturated carbocycles. The molecule has 6 heteroatoms. The first-order valence-electron chi connectivity index (χ1n) is 9.18. The summed E-state index contributed by atoms with van der Waals surface area (Å²) < 4.78 is 5.31. The number of hydrogen-bond acceptors (Lipinski definition) is 4. The number of alkyl carbamates (subject to hydrolysis) is 1. The summed E-state index contributed by atoms with van der Waals surface area (Å²) in [7, 11) is 0. The molecule has 5 nitrogen and oxygen atoms in total. The molecule has 1 unspecified atom stereocenters. The number of nitrogens with one attached hydrogen (secondary N) is 1. The van der Waals surface area contributed by atoms with E-state index in [2.05, 4.69) is 5.32 Å². The van der Waals surface area contributed by atoms with Crippen LogP contribution in [0, 0.1) is 5.92 Å². The Bertz CT molecular complexity index is 784. The normalized spacial score (nSPS) is 13.4. The average molecular weight is 402 g/mol. The zero-order valence-electron chi connectivity index (χ0n) is 16.6. The molecule has 1 amide bonds. The van der Waals surface area contributed by atoms with Crippen LogP contribution >= 0.6 is 11.8 Å². The van der Waals surface area contributed by atoms with Gasteiger partial charge in [0.25, 0.3) is 0 Å². The molecule has 0 fully saturated rings.